The van der Waals surface area contributed by atoms with Crippen molar-refractivity contribution < 1.29 is 19.3 Å². The van der Waals surface area contributed by atoms with E-state index in [0.717, 1.165) is 9.13 Å². The molecule has 0 aliphatic rings. The summed E-state index contributed by atoms with van der Waals surface area (Å²) in [5, 5.41) is 46.5. The number of H-pyrrole nitrogens is 2. The van der Waals surface area contributed by atoms with Gasteiger partial charge in [0.05, 0.1) is 46.8 Å². The molecule has 6 aromatic heterocycles. The van der Waals surface area contributed by atoms with Gasteiger partial charge in [0.2, 0.25) is 11.8 Å². The van der Waals surface area contributed by atoms with Crippen molar-refractivity contribution >= 4 is 33.4 Å². The predicted octanol–water partition coefficient (Wildman–Crippen LogP) is 3.17. The molecule has 2 N–H and O–H groups in total. The van der Waals surface area contributed by atoms with Crippen LogP contribution < -0.4 is 32.0 Å². The Labute approximate surface area is 379 Å². The normalized spacial score (nSPS) is 10.7. The minimum absolute atomic E-state index is 0. The Balaban J connectivity index is 0.000000280. The lowest BCUT2D eigenvalue weighted by atomic mass is 10.2. The van der Waals surface area contributed by atoms with Crippen LogP contribution in [0.5, 0.6) is 11.8 Å². The lowest BCUT2D eigenvalue weighted by molar-refractivity contribution is -0.385. The van der Waals surface area contributed by atoms with Crippen LogP contribution in [0.25, 0.3) is 45.1 Å². The Bertz CT molecular complexity index is 3060. The minimum Gasteiger partial charge on any atom is -0.480 e. The van der Waals surface area contributed by atoms with Crippen LogP contribution in [0.3, 0.4) is 0 Å². The summed E-state index contributed by atoms with van der Waals surface area (Å²) in [5.74, 6) is 0.521. The molecular weight excluding hydrogens is 877 g/mol. The monoisotopic (exact) mass is 924 g/mol. The molecule has 0 fully saturated rings. The number of fused-ring (bicyclic) bond motifs is 2. The van der Waals surface area contributed by atoms with E-state index in [-0.39, 0.29) is 79.1 Å². The topological polar surface area (TPSA) is 308 Å². The molecule has 26 nitrogen and oxygen atoms in total. The van der Waals surface area contributed by atoms with Crippen LogP contribution in [0, 0.1) is 20.2 Å². The van der Waals surface area contributed by atoms with E-state index in [2.05, 4.69) is 40.6 Å². The zero-order valence-electron chi connectivity index (χ0n) is 34.7. The summed E-state index contributed by atoms with van der Waals surface area (Å²) in [5.41, 5.74) is -0.673. The molecule has 0 saturated heterocycles. The number of hydrogen-bond acceptors (Lipinski definition) is 18. The van der Waals surface area contributed by atoms with E-state index in [1.807, 2.05) is 38.0 Å². The van der Waals surface area contributed by atoms with Crippen LogP contribution in [0.4, 0.5) is 11.4 Å². The number of methoxy groups -OCH3 is 2. The number of non-ortho nitro benzene ring substituents is 2. The summed E-state index contributed by atoms with van der Waals surface area (Å²) >= 11 is 0. The van der Waals surface area contributed by atoms with Crippen molar-refractivity contribution in [3.8, 4) is 34.8 Å². The van der Waals surface area contributed by atoms with Crippen molar-refractivity contribution in [1.82, 2.24) is 68.9 Å². The van der Waals surface area contributed by atoms with Gasteiger partial charge in [0.15, 0.2) is 22.9 Å². The number of nitrogens with zero attached hydrogens (tertiary/aromatic N) is 14. The molecule has 67 heavy (non-hydrogen) atoms. The Kier molecular flexibility index (Phi) is 15.8. The number of nitro benzene ring substituents is 2. The first-order valence-corrected chi connectivity index (χ1v) is 18.7. The third-order valence-electron chi connectivity index (χ3n) is 9.32. The van der Waals surface area contributed by atoms with Crippen LogP contribution >= 0.6 is 0 Å². The minimum atomic E-state index is -0.730. The smallest absolute Gasteiger partial charge is 0.336 e. The van der Waals surface area contributed by atoms with Gasteiger partial charge in [-0.15, -0.1) is 30.6 Å². The van der Waals surface area contributed by atoms with E-state index in [1.165, 1.54) is 96.4 Å². The van der Waals surface area contributed by atoms with E-state index in [9.17, 15) is 39.4 Å². The first-order chi connectivity index (χ1) is 30.6. The lowest BCUT2D eigenvalue weighted by Gasteiger charge is -2.12. The number of hydrogen-bond donors (Lipinski definition) is 2. The number of nitro groups is 2. The number of nitrogens with one attached hydrogen (secondary N) is 2. The number of benzene rings is 2. The van der Waals surface area contributed by atoms with Gasteiger partial charge in [-0.3, -0.25) is 39.8 Å². The number of rotatable bonds is 12. The summed E-state index contributed by atoms with van der Waals surface area (Å²) in [7, 11) is 10.1. The summed E-state index contributed by atoms with van der Waals surface area (Å²) in [6.45, 7) is 0.617. The Morgan fingerprint density at radius 1 is 0.552 bits per heavy atom. The fraction of sp³-hybridized carbons (Fsp3) is 0.268. The highest BCUT2D eigenvalue weighted by molar-refractivity contribution is 5.79. The maximum absolute atomic E-state index is 13.4. The molecule has 0 aliphatic heterocycles. The summed E-state index contributed by atoms with van der Waals surface area (Å²) in [6.07, 6.45) is 0. The van der Waals surface area contributed by atoms with Gasteiger partial charge in [-0.2, -0.15) is 0 Å². The molecule has 0 atom stereocenters. The molecule has 0 radical (unpaired) electrons. The van der Waals surface area contributed by atoms with Crippen molar-refractivity contribution in [2.24, 2.45) is 0 Å². The Morgan fingerprint density at radius 3 is 1.16 bits per heavy atom. The fourth-order valence-electron chi connectivity index (χ4n) is 6.50. The van der Waals surface area contributed by atoms with E-state index >= 15 is 0 Å². The molecule has 352 valence electrons. The number of aromatic nitrogens is 12. The first kappa shape index (κ1) is 50.9. The van der Waals surface area contributed by atoms with Crippen LogP contribution in [0.1, 0.15) is 33.7 Å². The molecule has 26 heteroatoms. The molecule has 0 spiro atoms. The van der Waals surface area contributed by atoms with Crippen molar-refractivity contribution in [3.05, 3.63) is 146 Å². The van der Waals surface area contributed by atoms with E-state index in [0.29, 0.717) is 35.9 Å². The van der Waals surface area contributed by atoms with Gasteiger partial charge in [0.1, 0.15) is 10.8 Å². The van der Waals surface area contributed by atoms with Crippen molar-refractivity contribution in [2.45, 2.75) is 35.4 Å². The molecule has 0 aliphatic carbocycles. The fourth-order valence-corrected chi connectivity index (χ4v) is 6.50. The van der Waals surface area contributed by atoms with Gasteiger partial charge in [-0.25, -0.2) is 28.1 Å². The van der Waals surface area contributed by atoms with Crippen LogP contribution in [0.15, 0.2) is 92.0 Å². The first-order valence-electron chi connectivity index (χ1n) is 18.7. The third-order valence-corrected chi connectivity index (χ3v) is 9.32. The molecule has 0 amide bonds. The van der Waals surface area contributed by atoms with E-state index < -0.39 is 32.3 Å². The number of ether oxygens (including phenoxy) is 2. The quantitative estimate of drug-likeness (QED) is 0.131. The highest BCUT2D eigenvalue weighted by Gasteiger charge is 2.24. The third kappa shape index (κ3) is 10.1. The van der Waals surface area contributed by atoms with Crippen LogP contribution in [-0.2, 0) is 13.1 Å². The maximum Gasteiger partial charge on any atom is 0.336 e. The van der Waals surface area contributed by atoms with Crippen molar-refractivity contribution in [3.63, 3.8) is 0 Å². The molecule has 0 unspecified atom stereocenters. The lowest BCUT2D eigenvalue weighted by Crippen LogP contribution is -2.34. The Morgan fingerprint density at radius 2 is 0.896 bits per heavy atom. The second-order valence-corrected chi connectivity index (χ2v) is 14.2. The molecule has 8 aromatic rings. The highest BCUT2D eigenvalue weighted by Crippen LogP contribution is 2.23. The molecule has 0 bridgehead atoms. The van der Waals surface area contributed by atoms with Gasteiger partial charge in [-0.05, 0) is 64.6 Å². The maximum atomic E-state index is 13.4. The molecule has 8 rings (SSSR count). The van der Waals surface area contributed by atoms with Crippen molar-refractivity contribution in [1.29, 1.82) is 0 Å². The second-order valence-electron chi connectivity index (χ2n) is 14.2. The van der Waals surface area contributed by atoms with Gasteiger partial charge in [0, 0.05) is 49.5 Å². The average Bonchev–Trinajstić information content (AvgIpc) is 3.81. The van der Waals surface area contributed by atoms with Gasteiger partial charge >= 0.3 is 11.4 Å². The summed E-state index contributed by atoms with van der Waals surface area (Å²) < 4.78 is 14.6. The average molecular weight is 925 g/mol. The SMILES string of the molecule is C.C.C.COc1ccc(-n2c(=O)[nH]c3nn(-c4ccc([N+](=O)[O-])cc4)c(CN(C)C)c3c2=O)nn1.COc1ccc(-n2c(=O)[nH]c3nn(-c4ccc([N+](=O)[O-])cc4)c(CN(C)C)c3c2=O)nn1. The van der Waals surface area contributed by atoms with Gasteiger partial charge in [0.25, 0.3) is 22.5 Å². The molecular formula is C41H48N16O10. The van der Waals surface area contributed by atoms with Gasteiger partial charge in [-0.1, -0.05) is 22.3 Å². The highest BCUT2D eigenvalue weighted by atomic mass is 16.6. The largest absolute Gasteiger partial charge is 0.480 e. The van der Waals surface area contributed by atoms with Gasteiger partial charge < -0.3 is 19.3 Å². The molecule has 6 heterocycles. The van der Waals surface area contributed by atoms with E-state index in [4.69, 9.17) is 9.47 Å². The van der Waals surface area contributed by atoms with E-state index in [1.54, 1.807) is 0 Å². The summed E-state index contributed by atoms with van der Waals surface area (Å²) in [6, 6.07) is 17.3. The zero-order chi connectivity index (χ0) is 46.0. The second kappa shape index (κ2) is 20.8. The Hall–Kier alpha value is -8.78. The summed E-state index contributed by atoms with van der Waals surface area (Å²) in [4.78, 5) is 81.9. The molecule has 0 saturated carbocycles. The molecule has 2 aromatic carbocycles. The standard InChI is InChI=1S/2C19H18N8O5.3CH4/c2*1-24(2)10-13-16-17(23-26(13)11-4-6-12(7-5-11)27(30)31)20-19(29)25(18(16)28)14-8-9-15(32-3)22-21-14;;;/h2*4-9H,10H2,1-3H3,(H,20,23,29);3*1H4. The predicted molar refractivity (Wildman–Crippen MR) is 247 cm³/mol. The van der Waals surface area contributed by atoms with Crippen LogP contribution in [-0.4, -0.2) is 121 Å². The van der Waals surface area contributed by atoms with Crippen LogP contribution in [0.2, 0.25) is 0 Å². The number of aromatic amines is 2. The zero-order valence-corrected chi connectivity index (χ0v) is 34.7. The van der Waals surface area contributed by atoms with Crippen molar-refractivity contribution in [2.75, 3.05) is 42.4 Å².